The molecule has 0 spiro atoms. The molecule has 0 radical (unpaired) electrons. The highest BCUT2D eigenvalue weighted by molar-refractivity contribution is 7.92. The summed E-state index contributed by atoms with van der Waals surface area (Å²) in [6.07, 6.45) is 8.52. The SMILES string of the molecule is O=S1(=O)C2CCCC1CC(O)(c1cnc(N3CCCC3)nc1)C2. The van der Waals surface area contributed by atoms with Crippen molar-refractivity contribution in [3.05, 3.63) is 18.0 Å². The van der Waals surface area contributed by atoms with Gasteiger partial charge in [-0.3, -0.25) is 0 Å². The molecule has 2 unspecified atom stereocenters. The van der Waals surface area contributed by atoms with Gasteiger partial charge in [0.1, 0.15) is 0 Å². The van der Waals surface area contributed by atoms with Crippen molar-refractivity contribution in [2.45, 2.75) is 61.0 Å². The van der Waals surface area contributed by atoms with E-state index in [4.69, 9.17) is 0 Å². The average Bonchev–Trinajstić information content (AvgIpc) is 3.03. The van der Waals surface area contributed by atoms with Gasteiger partial charge in [-0.2, -0.15) is 0 Å². The molecule has 126 valence electrons. The summed E-state index contributed by atoms with van der Waals surface area (Å²) in [4.78, 5) is 11.0. The van der Waals surface area contributed by atoms with Crippen LogP contribution < -0.4 is 4.90 Å². The molecule has 2 atom stereocenters. The van der Waals surface area contributed by atoms with Crippen molar-refractivity contribution in [2.75, 3.05) is 18.0 Å². The van der Waals surface area contributed by atoms with Crippen molar-refractivity contribution >= 4 is 15.8 Å². The van der Waals surface area contributed by atoms with E-state index < -0.39 is 25.9 Å². The van der Waals surface area contributed by atoms with Gasteiger partial charge in [0.15, 0.2) is 9.84 Å². The van der Waals surface area contributed by atoms with E-state index in [1.165, 1.54) is 0 Å². The summed E-state index contributed by atoms with van der Waals surface area (Å²) in [7, 11) is -3.07. The van der Waals surface area contributed by atoms with Crippen LogP contribution in [-0.4, -0.2) is 47.1 Å². The minimum absolute atomic E-state index is 0.276. The van der Waals surface area contributed by atoms with Crippen LogP contribution in [0.15, 0.2) is 12.4 Å². The van der Waals surface area contributed by atoms with E-state index in [-0.39, 0.29) is 12.8 Å². The molecule has 23 heavy (non-hydrogen) atoms. The molecule has 3 aliphatic heterocycles. The van der Waals surface area contributed by atoms with Gasteiger partial charge in [0.2, 0.25) is 5.95 Å². The van der Waals surface area contributed by atoms with Crippen LogP contribution in [0, 0.1) is 0 Å². The highest BCUT2D eigenvalue weighted by Gasteiger charge is 2.51. The maximum absolute atomic E-state index is 12.4. The Bertz CT molecular complexity index is 663. The normalized spacial score (nSPS) is 36.1. The van der Waals surface area contributed by atoms with Crippen molar-refractivity contribution in [2.24, 2.45) is 0 Å². The zero-order valence-corrected chi connectivity index (χ0v) is 14.0. The van der Waals surface area contributed by atoms with Crippen molar-refractivity contribution < 1.29 is 13.5 Å². The summed E-state index contributed by atoms with van der Waals surface area (Å²) < 4.78 is 24.8. The van der Waals surface area contributed by atoms with E-state index in [1.54, 1.807) is 12.4 Å². The fourth-order valence-electron chi connectivity index (χ4n) is 4.32. The van der Waals surface area contributed by atoms with Crippen LogP contribution in [0.25, 0.3) is 0 Å². The molecule has 1 N–H and O–H groups in total. The minimum Gasteiger partial charge on any atom is -0.385 e. The van der Waals surface area contributed by atoms with Gasteiger partial charge in [0, 0.05) is 31.0 Å². The smallest absolute Gasteiger partial charge is 0.225 e. The number of hydrogen-bond donors (Lipinski definition) is 1. The lowest BCUT2D eigenvalue weighted by Crippen LogP contribution is -2.50. The highest BCUT2D eigenvalue weighted by atomic mass is 32.2. The first-order valence-electron chi connectivity index (χ1n) is 8.52. The predicted octanol–water partition coefficient (Wildman–Crippen LogP) is 1.39. The second kappa shape index (κ2) is 5.41. The van der Waals surface area contributed by atoms with E-state index in [1.807, 2.05) is 0 Å². The van der Waals surface area contributed by atoms with Crippen molar-refractivity contribution in [1.82, 2.24) is 9.97 Å². The van der Waals surface area contributed by atoms with Gasteiger partial charge in [-0.25, -0.2) is 18.4 Å². The summed E-state index contributed by atoms with van der Waals surface area (Å²) in [6, 6.07) is 0. The van der Waals surface area contributed by atoms with E-state index in [0.717, 1.165) is 32.4 Å². The summed E-state index contributed by atoms with van der Waals surface area (Å²) >= 11 is 0. The molecule has 6 nitrogen and oxygen atoms in total. The first-order chi connectivity index (χ1) is 11.0. The number of nitrogens with zero attached hydrogens (tertiary/aromatic N) is 3. The van der Waals surface area contributed by atoms with Gasteiger partial charge in [-0.05, 0) is 38.5 Å². The molecule has 0 aromatic carbocycles. The standard InChI is InChI=1S/C16H23N3O3S/c20-16(8-13-4-3-5-14(9-16)23(13,21)22)12-10-17-15(18-11-12)19-6-1-2-7-19/h10-11,13-14,20H,1-9H2. The Morgan fingerprint density at radius 2 is 1.61 bits per heavy atom. The van der Waals surface area contributed by atoms with E-state index in [0.29, 0.717) is 24.4 Å². The van der Waals surface area contributed by atoms with E-state index in [2.05, 4.69) is 14.9 Å². The molecule has 3 fully saturated rings. The molecule has 1 aromatic heterocycles. The first-order valence-corrected chi connectivity index (χ1v) is 10.1. The van der Waals surface area contributed by atoms with Gasteiger partial charge in [0.25, 0.3) is 0 Å². The number of sulfone groups is 1. The largest absolute Gasteiger partial charge is 0.385 e. The van der Waals surface area contributed by atoms with Crippen LogP contribution in [0.4, 0.5) is 5.95 Å². The van der Waals surface area contributed by atoms with Crippen LogP contribution in [0.1, 0.15) is 50.5 Å². The molecule has 0 aliphatic carbocycles. The van der Waals surface area contributed by atoms with Crippen molar-refractivity contribution in [1.29, 1.82) is 0 Å². The molecule has 0 amide bonds. The second-order valence-corrected chi connectivity index (χ2v) is 9.68. The van der Waals surface area contributed by atoms with Gasteiger partial charge in [-0.15, -0.1) is 0 Å². The molecular weight excluding hydrogens is 314 g/mol. The fraction of sp³-hybridized carbons (Fsp3) is 0.750. The quantitative estimate of drug-likeness (QED) is 0.878. The van der Waals surface area contributed by atoms with Crippen molar-refractivity contribution in [3.8, 4) is 0 Å². The third kappa shape index (κ3) is 2.54. The number of fused-ring (bicyclic) bond motifs is 2. The third-order valence-electron chi connectivity index (χ3n) is 5.68. The van der Waals surface area contributed by atoms with E-state index in [9.17, 15) is 13.5 Å². The number of aromatic nitrogens is 2. The number of anilines is 1. The van der Waals surface area contributed by atoms with Crippen LogP contribution in [-0.2, 0) is 15.4 Å². The molecule has 4 rings (SSSR count). The molecule has 3 aliphatic rings. The van der Waals surface area contributed by atoms with Gasteiger partial charge >= 0.3 is 0 Å². The molecule has 7 heteroatoms. The predicted molar refractivity (Wildman–Crippen MR) is 87.0 cm³/mol. The Labute approximate surface area is 136 Å². The Hall–Kier alpha value is -1.21. The summed E-state index contributed by atoms with van der Waals surface area (Å²) in [5.41, 5.74) is -0.447. The van der Waals surface area contributed by atoms with Crippen LogP contribution in [0.5, 0.6) is 0 Å². The monoisotopic (exact) mass is 337 g/mol. The molecule has 0 saturated carbocycles. The number of rotatable bonds is 2. The first kappa shape index (κ1) is 15.3. The minimum atomic E-state index is -3.07. The lowest BCUT2D eigenvalue weighted by atomic mass is 9.81. The fourth-order valence-corrected chi connectivity index (χ4v) is 6.88. The topological polar surface area (TPSA) is 83.4 Å². The molecule has 3 saturated heterocycles. The van der Waals surface area contributed by atoms with Gasteiger partial charge in [-0.1, -0.05) is 6.42 Å². The summed E-state index contributed by atoms with van der Waals surface area (Å²) in [5.74, 6) is 0.707. The van der Waals surface area contributed by atoms with Gasteiger partial charge in [0.05, 0.1) is 16.1 Å². The third-order valence-corrected chi connectivity index (χ3v) is 8.34. The summed E-state index contributed by atoms with van der Waals surface area (Å²) in [6.45, 7) is 1.96. The molecule has 4 heterocycles. The van der Waals surface area contributed by atoms with Crippen LogP contribution >= 0.6 is 0 Å². The highest BCUT2D eigenvalue weighted by Crippen LogP contribution is 2.45. The Kier molecular flexibility index (Phi) is 3.61. The maximum atomic E-state index is 12.4. The van der Waals surface area contributed by atoms with E-state index >= 15 is 0 Å². The second-order valence-electron chi connectivity index (χ2n) is 7.17. The molecule has 1 aromatic rings. The van der Waals surface area contributed by atoms with Gasteiger partial charge < -0.3 is 10.0 Å². The molecule has 2 bridgehead atoms. The number of hydrogen-bond acceptors (Lipinski definition) is 6. The Morgan fingerprint density at radius 3 is 2.17 bits per heavy atom. The Morgan fingerprint density at radius 1 is 1.04 bits per heavy atom. The number of aliphatic hydroxyl groups is 1. The zero-order valence-electron chi connectivity index (χ0n) is 13.2. The summed E-state index contributed by atoms with van der Waals surface area (Å²) in [5, 5.41) is 10.2. The zero-order chi connectivity index (χ0) is 16.1. The molecular formula is C16H23N3O3S. The van der Waals surface area contributed by atoms with Crippen LogP contribution in [0.3, 0.4) is 0 Å². The Balaban J connectivity index is 1.60. The van der Waals surface area contributed by atoms with Crippen LogP contribution in [0.2, 0.25) is 0 Å². The lowest BCUT2D eigenvalue weighted by Gasteiger charge is -2.43. The average molecular weight is 337 g/mol. The lowest BCUT2D eigenvalue weighted by molar-refractivity contribution is 0.00440. The van der Waals surface area contributed by atoms with Crippen molar-refractivity contribution in [3.63, 3.8) is 0 Å². The maximum Gasteiger partial charge on any atom is 0.225 e.